The van der Waals surface area contributed by atoms with Crippen molar-refractivity contribution in [1.29, 1.82) is 0 Å². The largest absolute Gasteiger partial charge is 0.496 e. The molecule has 1 aromatic carbocycles. The summed E-state index contributed by atoms with van der Waals surface area (Å²) in [6.07, 6.45) is 10.2. The van der Waals surface area contributed by atoms with Gasteiger partial charge in [-0.3, -0.25) is 0 Å². The van der Waals surface area contributed by atoms with Crippen molar-refractivity contribution in [2.45, 2.75) is 56.5 Å². The summed E-state index contributed by atoms with van der Waals surface area (Å²) in [4.78, 5) is 0. The Morgan fingerprint density at radius 2 is 1.83 bits per heavy atom. The first-order valence-corrected chi connectivity index (χ1v) is 9.10. The van der Waals surface area contributed by atoms with Gasteiger partial charge in [0, 0.05) is 12.0 Å². The number of ether oxygens (including phenoxy) is 1. The SMILES string of the molecule is C=CC(O)Cc1ccc(OC)c(C23CC4CC(CC(C4)C2)C3)c1. The van der Waals surface area contributed by atoms with Gasteiger partial charge >= 0.3 is 0 Å². The second kappa shape index (κ2) is 5.66. The van der Waals surface area contributed by atoms with E-state index in [-0.39, 0.29) is 0 Å². The molecule has 4 bridgehead atoms. The molecule has 4 fully saturated rings. The standard InChI is InChI=1S/C21H28O2/c1-3-18(22)9-14-4-5-20(23-2)19(10-14)21-11-15-6-16(12-21)8-17(7-15)13-21/h3-5,10,15-18,22H,1,6-9,11-13H2,2H3. The Bertz CT molecular complexity index is 569. The lowest BCUT2D eigenvalue weighted by molar-refractivity contribution is -0.00620. The number of hydrogen-bond donors (Lipinski definition) is 1. The molecule has 0 aliphatic heterocycles. The zero-order valence-corrected chi connectivity index (χ0v) is 14.1. The van der Waals surface area contributed by atoms with E-state index in [1.807, 2.05) is 0 Å². The molecule has 4 aliphatic rings. The summed E-state index contributed by atoms with van der Waals surface area (Å²) < 4.78 is 5.74. The molecule has 1 atom stereocenters. The van der Waals surface area contributed by atoms with E-state index < -0.39 is 6.10 Å². The van der Waals surface area contributed by atoms with E-state index >= 15 is 0 Å². The van der Waals surface area contributed by atoms with Gasteiger partial charge < -0.3 is 9.84 Å². The van der Waals surface area contributed by atoms with E-state index in [1.165, 1.54) is 49.7 Å². The normalized spacial score (nSPS) is 36.0. The topological polar surface area (TPSA) is 29.5 Å². The molecule has 0 radical (unpaired) electrons. The average molecular weight is 312 g/mol. The molecule has 1 unspecified atom stereocenters. The summed E-state index contributed by atoms with van der Waals surface area (Å²) in [7, 11) is 1.79. The summed E-state index contributed by atoms with van der Waals surface area (Å²) in [5, 5.41) is 9.91. The molecule has 23 heavy (non-hydrogen) atoms. The summed E-state index contributed by atoms with van der Waals surface area (Å²) in [5.41, 5.74) is 2.94. The molecule has 0 spiro atoms. The summed E-state index contributed by atoms with van der Waals surface area (Å²) in [5.74, 6) is 3.82. The lowest BCUT2D eigenvalue weighted by Crippen LogP contribution is -2.48. The zero-order valence-electron chi connectivity index (χ0n) is 14.1. The van der Waals surface area contributed by atoms with Gasteiger partial charge in [0.25, 0.3) is 0 Å². The Morgan fingerprint density at radius 1 is 1.22 bits per heavy atom. The van der Waals surface area contributed by atoms with Crippen molar-refractivity contribution in [2.75, 3.05) is 7.11 Å². The number of methoxy groups -OCH3 is 1. The van der Waals surface area contributed by atoms with Gasteiger partial charge in [0.15, 0.2) is 0 Å². The van der Waals surface area contributed by atoms with Gasteiger partial charge in [-0.2, -0.15) is 0 Å². The van der Waals surface area contributed by atoms with Crippen molar-refractivity contribution in [2.24, 2.45) is 17.8 Å². The predicted octanol–water partition coefficient (Wildman–Crippen LogP) is 4.25. The highest BCUT2D eigenvalue weighted by Gasteiger charge is 2.52. The van der Waals surface area contributed by atoms with Crippen LogP contribution in [-0.4, -0.2) is 18.3 Å². The minimum absolute atomic E-state index is 0.329. The monoisotopic (exact) mass is 312 g/mol. The molecule has 1 aromatic rings. The van der Waals surface area contributed by atoms with Crippen LogP contribution in [0.25, 0.3) is 0 Å². The lowest BCUT2D eigenvalue weighted by atomic mass is 9.48. The van der Waals surface area contributed by atoms with Crippen molar-refractivity contribution < 1.29 is 9.84 Å². The van der Waals surface area contributed by atoms with Gasteiger partial charge in [-0.05, 0) is 73.3 Å². The number of rotatable bonds is 5. The molecule has 0 saturated heterocycles. The summed E-state index contributed by atoms with van der Waals surface area (Å²) in [6.45, 7) is 3.69. The van der Waals surface area contributed by atoms with Crippen LogP contribution in [0.15, 0.2) is 30.9 Å². The Hall–Kier alpha value is -1.28. The summed E-state index contributed by atoms with van der Waals surface area (Å²) in [6, 6.07) is 6.52. The highest BCUT2D eigenvalue weighted by Crippen LogP contribution is 2.61. The minimum atomic E-state index is -0.465. The highest BCUT2D eigenvalue weighted by molar-refractivity contribution is 5.44. The van der Waals surface area contributed by atoms with E-state index in [2.05, 4.69) is 24.8 Å². The van der Waals surface area contributed by atoms with Crippen LogP contribution < -0.4 is 4.74 Å². The lowest BCUT2D eigenvalue weighted by Gasteiger charge is -2.57. The number of aliphatic hydroxyl groups excluding tert-OH is 1. The van der Waals surface area contributed by atoms with Gasteiger partial charge in [0.1, 0.15) is 5.75 Å². The highest BCUT2D eigenvalue weighted by atomic mass is 16.5. The molecule has 1 N–H and O–H groups in total. The molecule has 5 rings (SSSR count). The summed E-state index contributed by atoms with van der Waals surface area (Å²) >= 11 is 0. The van der Waals surface area contributed by atoms with Gasteiger partial charge in [-0.1, -0.05) is 18.2 Å². The second-order valence-corrected chi connectivity index (χ2v) is 8.24. The molecule has 124 valence electrons. The maximum absolute atomic E-state index is 9.91. The molecule has 4 saturated carbocycles. The zero-order chi connectivity index (χ0) is 16.0. The Balaban J connectivity index is 1.72. The minimum Gasteiger partial charge on any atom is -0.496 e. The van der Waals surface area contributed by atoms with E-state index in [9.17, 15) is 5.11 Å². The fourth-order valence-corrected chi connectivity index (χ4v) is 6.06. The Morgan fingerprint density at radius 3 is 2.35 bits per heavy atom. The van der Waals surface area contributed by atoms with Crippen LogP contribution in [0.1, 0.15) is 49.7 Å². The number of benzene rings is 1. The third-order valence-electron chi connectivity index (χ3n) is 6.59. The van der Waals surface area contributed by atoms with Crippen molar-refractivity contribution in [3.8, 4) is 5.75 Å². The molecule has 0 amide bonds. The quantitative estimate of drug-likeness (QED) is 0.824. The van der Waals surface area contributed by atoms with Gasteiger partial charge in [-0.25, -0.2) is 0 Å². The Labute approximate surface area is 139 Å². The fraction of sp³-hybridized carbons (Fsp3) is 0.619. The molecular formula is C21H28O2. The van der Waals surface area contributed by atoms with Crippen LogP contribution in [0, 0.1) is 17.8 Å². The third-order valence-corrected chi connectivity index (χ3v) is 6.59. The van der Waals surface area contributed by atoms with Gasteiger partial charge in [0.05, 0.1) is 13.2 Å². The predicted molar refractivity (Wildman–Crippen MR) is 92.8 cm³/mol. The molecule has 4 aliphatic carbocycles. The van der Waals surface area contributed by atoms with Crippen molar-refractivity contribution in [3.05, 3.63) is 42.0 Å². The van der Waals surface area contributed by atoms with E-state index in [1.54, 1.807) is 13.2 Å². The van der Waals surface area contributed by atoms with Crippen LogP contribution in [-0.2, 0) is 11.8 Å². The smallest absolute Gasteiger partial charge is 0.122 e. The van der Waals surface area contributed by atoms with Crippen LogP contribution in [0.3, 0.4) is 0 Å². The van der Waals surface area contributed by atoms with E-state index in [4.69, 9.17) is 4.74 Å². The number of hydrogen-bond acceptors (Lipinski definition) is 2. The molecule has 0 aromatic heterocycles. The molecular weight excluding hydrogens is 284 g/mol. The van der Waals surface area contributed by atoms with E-state index in [0.717, 1.165) is 23.5 Å². The second-order valence-electron chi connectivity index (χ2n) is 8.24. The molecule has 0 heterocycles. The van der Waals surface area contributed by atoms with Crippen molar-refractivity contribution >= 4 is 0 Å². The first kappa shape index (κ1) is 15.3. The van der Waals surface area contributed by atoms with Crippen LogP contribution in [0.4, 0.5) is 0 Å². The maximum atomic E-state index is 9.91. The van der Waals surface area contributed by atoms with Crippen LogP contribution in [0.2, 0.25) is 0 Å². The van der Waals surface area contributed by atoms with E-state index in [0.29, 0.717) is 11.8 Å². The average Bonchev–Trinajstić information content (AvgIpc) is 2.53. The van der Waals surface area contributed by atoms with Crippen LogP contribution >= 0.6 is 0 Å². The van der Waals surface area contributed by atoms with Crippen molar-refractivity contribution in [3.63, 3.8) is 0 Å². The van der Waals surface area contributed by atoms with Crippen LogP contribution in [0.5, 0.6) is 5.75 Å². The fourth-order valence-electron chi connectivity index (χ4n) is 6.06. The molecule has 2 nitrogen and oxygen atoms in total. The van der Waals surface area contributed by atoms with Crippen molar-refractivity contribution in [1.82, 2.24) is 0 Å². The maximum Gasteiger partial charge on any atom is 0.122 e. The number of aliphatic hydroxyl groups is 1. The Kier molecular flexibility index (Phi) is 3.76. The molecule has 2 heteroatoms. The van der Waals surface area contributed by atoms with Gasteiger partial charge in [-0.15, -0.1) is 6.58 Å². The van der Waals surface area contributed by atoms with Gasteiger partial charge in [0.2, 0.25) is 0 Å². The first-order chi connectivity index (χ1) is 11.1. The first-order valence-electron chi connectivity index (χ1n) is 9.10. The third kappa shape index (κ3) is 2.61.